The van der Waals surface area contributed by atoms with Crippen LogP contribution in [0.2, 0.25) is 5.02 Å². The monoisotopic (exact) mass is 349 g/mol. The van der Waals surface area contributed by atoms with Crippen LogP contribution in [0.5, 0.6) is 5.75 Å². The molecule has 2 N–H and O–H groups in total. The Labute approximate surface area is 143 Å². The molecule has 0 unspecified atom stereocenters. The summed E-state index contributed by atoms with van der Waals surface area (Å²) >= 11 is 6.04. The molecule has 0 saturated carbocycles. The van der Waals surface area contributed by atoms with Crippen molar-refractivity contribution in [2.75, 3.05) is 17.7 Å². The molecular weight excluding hydrogens is 334 g/mol. The van der Waals surface area contributed by atoms with Gasteiger partial charge in [-0.3, -0.25) is 14.9 Å². The standard InChI is InChI=1S/C16H16ClN3O4/c1-10(18-11-7-8-15(24-2)12(17)9-11)16(21)19-13-5-3-4-6-14(13)20(22)23/h3-10,18H,1-2H3,(H,19,21)/t10-/m0/s1. The highest BCUT2D eigenvalue weighted by Gasteiger charge is 2.18. The molecule has 24 heavy (non-hydrogen) atoms. The Hall–Kier alpha value is -2.80. The number of halogens is 1. The second kappa shape index (κ2) is 7.65. The predicted molar refractivity (Wildman–Crippen MR) is 92.8 cm³/mol. The summed E-state index contributed by atoms with van der Waals surface area (Å²) in [7, 11) is 1.51. The summed E-state index contributed by atoms with van der Waals surface area (Å²) in [6, 6.07) is 10.4. The number of anilines is 2. The van der Waals surface area contributed by atoms with Gasteiger partial charge in [-0.1, -0.05) is 23.7 Å². The predicted octanol–water partition coefficient (Wildman–Crippen LogP) is 3.70. The van der Waals surface area contributed by atoms with Crippen LogP contribution in [0.4, 0.5) is 17.1 Å². The SMILES string of the molecule is COc1ccc(N[C@@H](C)C(=O)Nc2ccccc2[N+](=O)[O-])cc1Cl. The number of carbonyl (C=O) groups excluding carboxylic acids is 1. The van der Waals surface area contributed by atoms with Gasteiger partial charge in [0, 0.05) is 11.8 Å². The number of benzene rings is 2. The van der Waals surface area contributed by atoms with Crippen LogP contribution in [0.25, 0.3) is 0 Å². The molecule has 0 saturated heterocycles. The maximum atomic E-state index is 12.2. The molecule has 0 spiro atoms. The zero-order valence-electron chi connectivity index (χ0n) is 13.1. The number of hydrogen-bond acceptors (Lipinski definition) is 5. The molecule has 1 amide bonds. The van der Waals surface area contributed by atoms with Crippen molar-refractivity contribution in [2.45, 2.75) is 13.0 Å². The first-order valence-corrected chi connectivity index (χ1v) is 7.44. The number of nitrogens with one attached hydrogen (secondary N) is 2. The number of nitro groups is 1. The summed E-state index contributed by atoms with van der Waals surface area (Å²) in [6.45, 7) is 1.64. The zero-order chi connectivity index (χ0) is 17.7. The van der Waals surface area contributed by atoms with E-state index in [2.05, 4.69) is 10.6 Å². The number of nitro benzene ring substituents is 1. The van der Waals surface area contributed by atoms with Gasteiger partial charge < -0.3 is 15.4 Å². The average molecular weight is 350 g/mol. The number of carbonyl (C=O) groups is 1. The average Bonchev–Trinajstić information content (AvgIpc) is 2.55. The van der Waals surface area contributed by atoms with Crippen LogP contribution in [-0.4, -0.2) is 24.0 Å². The Bertz CT molecular complexity index is 767. The molecule has 0 aliphatic carbocycles. The molecule has 0 heterocycles. The molecule has 0 aromatic heterocycles. The number of nitrogens with zero attached hydrogens (tertiary/aromatic N) is 1. The van der Waals surface area contributed by atoms with Crippen molar-refractivity contribution in [1.82, 2.24) is 0 Å². The quantitative estimate of drug-likeness (QED) is 0.612. The normalized spacial score (nSPS) is 11.5. The van der Waals surface area contributed by atoms with Crippen LogP contribution in [0.1, 0.15) is 6.92 Å². The summed E-state index contributed by atoms with van der Waals surface area (Å²) in [5.41, 5.74) is 0.616. The maximum absolute atomic E-state index is 12.2. The Morgan fingerprint density at radius 2 is 2.00 bits per heavy atom. The number of ether oxygens (including phenoxy) is 1. The third-order valence-corrected chi connectivity index (χ3v) is 3.58. The molecular formula is C16H16ClN3O4. The first kappa shape index (κ1) is 17.6. The van der Waals surface area contributed by atoms with Crippen molar-refractivity contribution >= 4 is 34.6 Å². The summed E-state index contributed by atoms with van der Waals surface area (Å²) in [5.74, 6) is 0.121. The Morgan fingerprint density at radius 1 is 1.29 bits per heavy atom. The molecule has 1 atom stereocenters. The number of amides is 1. The molecule has 2 rings (SSSR count). The summed E-state index contributed by atoms with van der Waals surface area (Å²) in [5, 5.41) is 16.9. The fourth-order valence-electron chi connectivity index (χ4n) is 2.05. The molecule has 8 heteroatoms. The lowest BCUT2D eigenvalue weighted by Gasteiger charge is -2.16. The molecule has 126 valence electrons. The highest BCUT2D eigenvalue weighted by Crippen LogP contribution is 2.28. The fraction of sp³-hybridized carbons (Fsp3) is 0.188. The minimum Gasteiger partial charge on any atom is -0.495 e. The molecule has 0 fully saturated rings. The van der Waals surface area contributed by atoms with E-state index in [1.165, 1.54) is 25.3 Å². The fourth-order valence-corrected chi connectivity index (χ4v) is 2.31. The van der Waals surface area contributed by atoms with E-state index in [0.717, 1.165) is 0 Å². The van der Waals surface area contributed by atoms with E-state index in [1.807, 2.05) is 0 Å². The molecule has 2 aromatic carbocycles. The van der Waals surface area contributed by atoms with Crippen molar-refractivity contribution in [2.24, 2.45) is 0 Å². The summed E-state index contributed by atoms with van der Waals surface area (Å²) in [6.07, 6.45) is 0. The minimum atomic E-state index is -0.630. The van der Waals surface area contributed by atoms with Gasteiger partial charge >= 0.3 is 0 Å². The number of hydrogen-bond donors (Lipinski definition) is 2. The molecule has 7 nitrogen and oxygen atoms in total. The highest BCUT2D eigenvalue weighted by molar-refractivity contribution is 6.32. The van der Waals surface area contributed by atoms with Crippen molar-refractivity contribution < 1.29 is 14.5 Å². The van der Waals surface area contributed by atoms with Crippen molar-refractivity contribution in [3.63, 3.8) is 0 Å². The van der Waals surface area contributed by atoms with Gasteiger partial charge in [0.1, 0.15) is 17.5 Å². The second-order valence-electron chi connectivity index (χ2n) is 4.98. The van der Waals surface area contributed by atoms with Gasteiger partial charge in [0.05, 0.1) is 17.1 Å². The van der Waals surface area contributed by atoms with E-state index in [4.69, 9.17) is 16.3 Å². The van der Waals surface area contributed by atoms with Crippen LogP contribution in [0.3, 0.4) is 0 Å². The van der Waals surface area contributed by atoms with E-state index in [0.29, 0.717) is 16.5 Å². The van der Waals surface area contributed by atoms with E-state index < -0.39 is 16.9 Å². The summed E-state index contributed by atoms with van der Waals surface area (Å²) in [4.78, 5) is 22.7. The lowest BCUT2D eigenvalue weighted by molar-refractivity contribution is -0.383. The van der Waals surface area contributed by atoms with E-state index in [1.54, 1.807) is 31.2 Å². The lowest BCUT2D eigenvalue weighted by Crippen LogP contribution is -2.32. The number of methoxy groups -OCH3 is 1. The van der Waals surface area contributed by atoms with Crippen molar-refractivity contribution in [3.05, 3.63) is 57.6 Å². The van der Waals surface area contributed by atoms with Gasteiger partial charge in [0.25, 0.3) is 5.69 Å². The largest absolute Gasteiger partial charge is 0.495 e. The van der Waals surface area contributed by atoms with Gasteiger partial charge in [0.2, 0.25) is 5.91 Å². The zero-order valence-corrected chi connectivity index (χ0v) is 13.8. The number of para-hydroxylation sites is 2. The van der Waals surface area contributed by atoms with Gasteiger partial charge in [-0.05, 0) is 31.2 Å². The van der Waals surface area contributed by atoms with Crippen LogP contribution in [0, 0.1) is 10.1 Å². The molecule has 2 aromatic rings. The van der Waals surface area contributed by atoms with E-state index >= 15 is 0 Å². The first-order valence-electron chi connectivity index (χ1n) is 7.06. The third kappa shape index (κ3) is 4.14. The van der Waals surface area contributed by atoms with Crippen molar-refractivity contribution in [1.29, 1.82) is 0 Å². The van der Waals surface area contributed by atoms with Gasteiger partial charge in [-0.2, -0.15) is 0 Å². The molecule has 0 radical (unpaired) electrons. The molecule has 0 bridgehead atoms. The van der Waals surface area contributed by atoms with E-state index in [9.17, 15) is 14.9 Å². The van der Waals surface area contributed by atoms with Gasteiger partial charge in [0.15, 0.2) is 0 Å². The van der Waals surface area contributed by atoms with Crippen LogP contribution < -0.4 is 15.4 Å². The summed E-state index contributed by atoms with van der Waals surface area (Å²) < 4.78 is 5.06. The van der Waals surface area contributed by atoms with Crippen LogP contribution >= 0.6 is 11.6 Å². The van der Waals surface area contributed by atoms with Crippen LogP contribution in [-0.2, 0) is 4.79 Å². The minimum absolute atomic E-state index is 0.147. The van der Waals surface area contributed by atoms with E-state index in [-0.39, 0.29) is 11.4 Å². The molecule has 0 aliphatic heterocycles. The first-order chi connectivity index (χ1) is 11.4. The molecule has 0 aliphatic rings. The third-order valence-electron chi connectivity index (χ3n) is 3.29. The van der Waals surface area contributed by atoms with Crippen molar-refractivity contribution in [3.8, 4) is 5.75 Å². The second-order valence-corrected chi connectivity index (χ2v) is 5.39. The maximum Gasteiger partial charge on any atom is 0.292 e. The van der Waals surface area contributed by atoms with Gasteiger partial charge in [-0.25, -0.2) is 0 Å². The Balaban J connectivity index is 2.08. The smallest absolute Gasteiger partial charge is 0.292 e. The lowest BCUT2D eigenvalue weighted by atomic mass is 10.2. The van der Waals surface area contributed by atoms with Crippen LogP contribution in [0.15, 0.2) is 42.5 Å². The highest BCUT2D eigenvalue weighted by atomic mass is 35.5. The van der Waals surface area contributed by atoms with Gasteiger partial charge in [-0.15, -0.1) is 0 Å². The Kier molecular flexibility index (Phi) is 5.59. The number of rotatable bonds is 6. The Morgan fingerprint density at radius 3 is 2.62 bits per heavy atom. The topological polar surface area (TPSA) is 93.5 Å².